The van der Waals surface area contributed by atoms with Crippen LogP contribution < -0.4 is 20.7 Å². The number of nitrogens with two attached hydrogens (primary N) is 1. The Morgan fingerprint density at radius 3 is 2.30 bits per heavy atom. The summed E-state index contributed by atoms with van der Waals surface area (Å²) >= 11 is 1.38. The van der Waals surface area contributed by atoms with E-state index >= 15 is 0 Å². The topological polar surface area (TPSA) is 97.5 Å². The number of thiazole rings is 1. The smallest absolute Gasteiger partial charge is 0.261 e. The fraction of sp³-hybridized carbons (Fsp3) is 0.240. The molecule has 1 aromatic heterocycles. The van der Waals surface area contributed by atoms with E-state index in [0.29, 0.717) is 17.1 Å². The number of carbonyl (C=O) groups is 2. The van der Waals surface area contributed by atoms with E-state index in [1.165, 1.54) is 17.4 Å². The van der Waals surface area contributed by atoms with E-state index in [1.54, 1.807) is 0 Å². The minimum absolute atomic E-state index is 0.109. The number of nitrogens with one attached hydrogen (secondary N) is 1. The van der Waals surface area contributed by atoms with Gasteiger partial charge in [0.05, 0.1) is 5.69 Å². The number of carbonyl (C=O) groups excluding carboxylic acids is 2. The predicted molar refractivity (Wildman–Crippen MR) is 133 cm³/mol. The molecule has 1 saturated heterocycles. The molecule has 3 N–H and O–H groups in total. The van der Waals surface area contributed by atoms with Gasteiger partial charge in [-0.25, -0.2) is 4.98 Å². The molecule has 172 valence electrons. The van der Waals surface area contributed by atoms with Crippen molar-refractivity contribution in [2.45, 2.75) is 19.8 Å². The highest BCUT2D eigenvalue weighted by Gasteiger charge is 2.22. The normalized spacial score (nSPS) is 12.5. The molecule has 2 heterocycles. The largest absolute Gasteiger partial charge is 0.457 e. The van der Waals surface area contributed by atoms with Crippen LogP contribution in [0.15, 0.2) is 67.3 Å². The Bertz CT molecular complexity index is 1070. The van der Waals surface area contributed by atoms with Crippen molar-refractivity contribution >= 4 is 28.3 Å². The van der Waals surface area contributed by atoms with Crippen molar-refractivity contribution < 1.29 is 14.3 Å². The van der Waals surface area contributed by atoms with Crippen LogP contribution in [0.25, 0.3) is 11.3 Å². The standard InChI is InChI=1S/C20H19N3O2S.C5H9NO/c21-19(24)18-17(22-20(26-18)23-12-4-5-13-23)14-8-10-16(11-9-14)25-15-6-2-1-3-7-15;1-3-5(7)6-4-2/h1-3,6-11H,4-5,12-13H2,(H2,21,24);3H,1,4H2,2H3,(H,6,7). The maximum Gasteiger partial charge on any atom is 0.261 e. The highest BCUT2D eigenvalue weighted by molar-refractivity contribution is 7.18. The lowest BCUT2D eigenvalue weighted by Crippen LogP contribution is -2.19. The maximum absolute atomic E-state index is 11.9. The third-order valence-electron chi connectivity index (χ3n) is 4.86. The molecular weight excluding hydrogens is 436 g/mol. The summed E-state index contributed by atoms with van der Waals surface area (Å²) < 4.78 is 5.82. The van der Waals surface area contributed by atoms with Crippen LogP contribution in [0.1, 0.15) is 29.4 Å². The zero-order valence-corrected chi connectivity index (χ0v) is 19.4. The van der Waals surface area contributed by atoms with Crippen LogP contribution in [-0.2, 0) is 4.79 Å². The van der Waals surface area contributed by atoms with Gasteiger partial charge < -0.3 is 20.7 Å². The minimum atomic E-state index is -0.437. The lowest BCUT2D eigenvalue weighted by atomic mass is 10.1. The van der Waals surface area contributed by atoms with Crippen LogP contribution in [0.5, 0.6) is 11.5 Å². The fourth-order valence-electron chi connectivity index (χ4n) is 3.27. The quantitative estimate of drug-likeness (QED) is 0.498. The zero-order valence-electron chi connectivity index (χ0n) is 18.6. The molecule has 1 aliphatic heterocycles. The molecular formula is C25H28N4O3S. The predicted octanol–water partition coefficient (Wildman–Crippen LogP) is 4.61. The van der Waals surface area contributed by atoms with Crippen LogP contribution in [0.3, 0.4) is 0 Å². The van der Waals surface area contributed by atoms with Gasteiger partial charge in [-0.1, -0.05) is 36.1 Å². The Morgan fingerprint density at radius 1 is 1.12 bits per heavy atom. The van der Waals surface area contributed by atoms with Crippen LogP contribution in [-0.4, -0.2) is 36.4 Å². The summed E-state index contributed by atoms with van der Waals surface area (Å²) in [4.78, 5) is 29.5. The van der Waals surface area contributed by atoms with Crippen molar-refractivity contribution in [2.24, 2.45) is 5.73 Å². The molecule has 33 heavy (non-hydrogen) atoms. The summed E-state index contributed by atoms with van der Waals surface area (Å²) in [7, 11) is 0. The molecule has 2 amide bonds. The molecule has 3 aromatic rings. The fourth-order valence-corrected chi connectivity index (χ4v) is 4.26. The maximum atomic E-state index is 11.9. The number of amides is 2. The Kier molecular flexibility index (Phi) is 8.60. The van der Waals surface area contributed by atoms with E-state index < -0.39 is 5.91 Å². The number of hydrogen-bond acceptors (Lipinski definition) is 6. The molecule has 0 bridgehead atoms. The van der Waals surface area contributed by atoms with Gasteiger partial charge in [0.15, 0.2) is 5.13 Å². The molecule has 2 aromatic carbocycles. The molecule has 0 atom stereocenters. The lowest BCUT2D eigenvalue weighted by Gasteiger charge is -2.12. The second-order valence-corrected chi connectivity index (χ2v) is 8.25. The van der Waals surface area contributed by atoms with Crippen LogP contribution >= 0.6 is 11.3 Å². The minimum Gasteiger partial charge on any atom is -0.457 e. The third-order valence-corrected chi connectivity index (χ3v) is 5.99. The third kappa shape index (κ3) is 6.66. The summed E-state index contributed by atoms with van der Waals surface area (Å²) in [5, 5.41) is 3.41. The van der Waals surface area contributed by atoms with Gasteiger partial charge in [-0.2, -0.15) is 0 Å². The first-order valence-corrected chi connectivity index (χ1v) is 11.6. The first-order valence-electron chi connectivity index (χ1n) is 10.8. The van der Waals surface area contributed by atoms with E-state index in [4.69, 9.17) is 15.5 Å². The Labute approximate surface area is 197 Å². The summed E-state index contributed by atoms with van der Waals surface area (Å²) in [6.45, 7) is 7.76. The number of benzene rings is 2. The molecule has 0 unspecified atom stereocenters. The van der Waals surface area contributed by atoms with E-state index in [0.717, 1.165) is 48.1 Å². The van der Waals surface area contributed by atoms with Crippen molar-refractivity contribution in [3.8, 4) is 22.8 Å². The molecule has 4 rings (SSSR count). The van der Waals surface area contributed by atoms with Crippen molar-refractivity contribution in [1.82, 2.24) is 10.3 Å². The van der Waals surface area contributed by atoms with Crippen LogP contribution in [0.4, 0.5) is 5.13 Å². The zero-order chi connectivity index (χ0) is 23.6. The van der Waals surface area contributed by atoms with Gasteiger partial charge in [-0.05, 0) is 62.2 Å². The van der Waals surface area contributed by atoms with Crippen LogP contribution in [0.2, 0.25) is 0 Å². The summed E-state index contributed by atoms with van der Waals surface area (Å²) in [5.74, 6) is 0.966. The van der Waals surface area contributed by atoms with Gasteiger partial charge in [0.25, 0.3) is 5.91 Å². The first-order chi connectivity index (χ1) is 16.0. The van der Waals surface area contributed by atoms with Crippen LogP contribution in [0, 0.1) is 0 Å². The molecule has 8 heteroatoms. The Balaban J connectivity index is 0.000000383. The highest BCUT2D eigenvalue weighted by Crippen LogP contribution is 2.35. The summed E-state index contributed by atoms with van der Waals surface area (Å²) in [6.07, 6.45) is 3.57. The summed E-state index contributed by atoms with van der Waals surface area (Å²) in [6, 6.07) is 17.2. The van der Waals surface area contributed by atoms with E-state index in [2.05, 4.69) is 16.8 Å². The number of ether oxygens (including phenoxy) is 1. The van der Waals surface area contributed by atoms with Gasteiger partial charge in [0.1, 0.15) is 16.4 Å². The first kappa shape index (κ1) is 24.0. The number of aromatic nitrogens is 1. The number of likely N-dealkylation sites (N-methyl/N-ethyl adjacent to an activating group) is 1. The van der Waals surface area contributed by atoms with Crippen molar-refractivity contribution in [2.75, 3.05) is 24.5 Å². The average Bonchev–Trinajstić information content (AvgIpc) is 3.51. The van der Waals surface area contributed by atoms with Gasteiger partial charge >= 0.3 is 0 Å². The van der Waals surface area contributed by atoms with Gasteiger partial charge in [-0.3, -0.25) is 9.59 Å². The average molecular weight is 465 g/mol. The number of anilines is 1. The number of primary amides is 1. The van der Waals surface area contributed by atoms with E-state index in [9.17, 15) is 9.59 Å². The Hall–Kier alpha value is -3.65. The number of para-hydroxylation sites is 1. The van der Waals surface area contributed by atoms with Gasteiger partial charge in [0, 0.05) is 25.2 Å². The van der Waals surface area contributed by atoms with Gasteiger partial charge in [0.2, 0.25) is 5.91 Å². The molecule has 0 radical (unpaired) electrons. The molecule has 1 aliphatic rings. The monoisotopic (exact) mass is 464 g/mol. The van der Waals surface area contributed by atoms with Crippen molar-refractivity contribution in [3.05, 3.63) is 72.1 Å². The molecule has 0 spiro atoms. The number of hydrogen-bond donors (Lipinski definition) is 2. The molecule has 1 fully saturated rings. The summed E-state index contributed by atoms with van der Waals surface area (Å²) in [5.41, 5.74) is 7.09. The van der Waals surface area contributed by atoms with Crippen molar-refractivity contribution in [3.63, 3.8) is 0 Å². The molecule has 0 aliphatic carbocycles. The second kappa shape index (κ2) is 11.8. The number of nitrogens with zero attached hydrogens (tertiary/aromatic N) is 2. The SMILES string of the molecule is C=CC(=O)NCC.NC(=O)c1sc(N2CCCC2)nc1-c1ccc(Oc2ccccc2)cc1. The lowest BCUT2D eigenvalue weighted by molar-refractivity contribution is -0.116. The van der Waals surface area contributed by atoms with Crippen molar-refractivity contribution in [1.29, 1.82) is 0 Å². The molecule has 0 saturated carbocycles. The van der Waals surface area contributed by atoms with E-state index in [-0.39, 0.29) is 5.91 Å². The number of rotatable bonds is 7. The Morgan fingerprint density at radius 2 is 1.76 bits per heavy atom. The van der Waals surface area contributed by atoms with Gasteiger partial charge in [-0.15, -0.1) is 0 Å². The van der Waals surface area contributed by atoms with E-state index in [1.807, 2.05) is 61.5 Å². The highest BCUT2D eigenvalue weighted by atomic mass is 32.1. The second-order valence-electron chi connectivity index (χ2n) is 7.27. The molecule has 7 nitrogen and oxygen atoms in total.